The predicted octanol–water partition coefficient (Wildman–Crippen LogP) is 7.61. The first-order valence-electron chi connectivity index (χ1n) is 13.1. The van der Waals surface area contributed by atoms with Gasteiger partial charge >= 0.3 is 12.4 Å². The fourth-order valence-electron chi connectivity index (χ4n) is 6.75. The molecule has 9 heteroatoms. The fourth-order valence-corrected chi connectivity index (χ4v) is 6.75. The highest BCUT2D eigenvalue weighted by atomic mass is 19.4. The van der Waals surface area contributed by atoms with Crippen molar-refractivity contribution in [3.05, 3.63) is 107 Å². The Morgan fingerprint density at radius 1 is 0.725 bits per heavy atom. The van der Waals surface area contributed by atoms with E-state index < -0.39 is 34.9 Å². The van der Waals surface area contributed by atoms with E-state index in [0.717, 1.165) is 35.4 Å². The molecule has 0 aliphatic heterocycles. The minimum absolute atomic E-state index is 0.0598. The third kappa shape index (κ3) is 5.01. The third-order valence-electron chi connectivity index (χ3n) is 8.39. The minimum Gasteiger partial charge on any atom is -0.396 e. The molecule has 0 heterocycles. The summed E-state index contributed by atoms with van der Waals surface area (Å²) in [5.74, 6) is -0.200. The molecule has 3 unspecified atom stereocenters. The lowest BCUT2D eigenvalue weighted by Crippen LogP contribution is -2.42. The van der Waals surface area contributed by atoms with Gasteiger partial charge in [0.15, 0.2) is 0 Å². The predicted molar refractivity (Wildman–Crippen MR) is 140 cm³/mol. The number of aliphatic hydroxyl groups excluding tert-OH is 2. The first kappa shape index (κ1) is 28.2. The van der Waals surface area contributed by atoms with Crippen molar-refractivity contribution in [3.63, 3.8) is 0 Å². The molecule has 3 aromatic rings. The summed E-state index contributed by atoms with van der Waals surface area (Å²) in [5.41, 5.74) is -0.0796. The molecule has 0 bridgehead atoms. The summed E-state index contributed by atoms with van der Waals surface area (Å²) in [6.07, 6.45) is -4.29. The van der Waals surface area contributed by atoms with Crippen molar-refractivity contribution in [1.29, 1.82) is 0 Å². The largest absolute Gasteiger partial charge is 0.416 e. The third-order valence-corrected chi connectivity index (χ3v) is 8.39. The summed E-state index contributed by atoms with van der Waals surface area (Å²) in [5, 5.41) is 20.1. The van der Waals surface area contributed by atoms with Crippen LogP contribution in [0.3, 0.4) is 0 Å². The van der Waals surface area contributed by atoms with Crippen LogP contribution in [0.4, 0.5) is 37.7 Å². The van der Waals surface area contributed by atoms with Crippen molar-refractivity contribution in [2.24, 2.45) is 5.92 Å². The van der Waals surface area contributed by atoms with E-state index in [1.165, 1.54) is 29.2 Å². The number of benzene rings is 3. The monoisotopic (exact) mass is 561 g/mol. The second kappa shape index (κ2) is 10.6. The standard InChI is InChI=1S/C31H29F6NO2/c32-30(33,34)20-5-3-7-22(17-20)38(23-8-4-6-21(18-23)31(35,36)37)24-11-12-26-25-9-1-2-10-27(25)29(13-15-39,14-16-40)28(26)19-24/h1-12,17-18,24,26,28,39-40H,13-16,19H2. The second-order valence-corrected chi connectivity index (χ2v) is 10.5. The molecule has 0 saturated carbocycles. The lowest BCUT2D eigenvalue weighted by molar-refractivity contribution is -0.138. The van der Waals surface area contributed by atoms with Gasteiger partial charge in [-0.05, 0) is 72.7 Å². The van der Waals surface area contributed by atoms with E-state index in [1.54, 1.807) is 0 Å². The first-order chi connectivity index (χ1) is 19.0. The minimum atomic E-state index is -4.63. The molecule has 0 spiro atoms. The van der Waals surface area contributed by atoms with Gasteiger partial charge in [0.2, 0.25) is 0 Å². The van der Waals surface area contributed by atoms with E-state index >= 15 is 0 Å². The van der Waals surface area contributed by atoms with Crippen molar-refractivity contribution < 1.29 is 36.6 Å². The van der Waals surface area contributed by atoms with Crippen LogP contribution in [0.2, 0.25) is 0 Å². The molecule has 3 nitrogen and oxygen atoms in total. The topological polar surface area (TPSA) is 43.7 Å². The molecule has 0 radical (unpaired) electrons. The van der Waals surface area contributed by atoms with E-state index in [4.69, 9.17) is 0 Å². The van der Waals surface area contributed by atoms with Gasteiger partial charge in [-0.25, -0.2) is 0 Å². The average molecular weight is 562 g/mol. The molecule has 40 heavy (non-hydrogen) atoms. The fraction of sp³-hybridized carbons (Fsp3) is 0.355. The number of hydrogen-bond acceptors (Lipinski definition) is 3. The SMILES string of the molecule is OCCC1(CCO)c2ccccc2C2C=CC(N(c3cccc(C(F)(F)F)c3)c3cccc(C(F)(F)F)c3)CC21. The van der Waals surface area contributed by atoms with Gasteiger partial charge in [-0.15, -0.1) is 0 Å². The maximum Gasteiger partial charge on any atom is 0.416 e. The number of fused-ring (bicyclic) bond motifs is 3. The van der Waals surface area contributed by atoms with Crippen LogP contribution >= 0.6 is 0 Å². The number of hydrogen-bond donors (Lipinski definition) is 2. The molecular formula is C31H29F6NO2. The van der Waals surface area contributed by atoms with Gasteiger partial charge in [-0.1, -0.05) is 48.6 Å². The van der Waals surface area contributed by atoms with Crippen molar-refractivity contribution in [2.75, 3.05) is 18.1 Å². The van der Waals surface area contributed by atoms with Crippen LogP contribution in [0, 0.1) is 5.92 Å². The van der Waals surface area contributed by atoms with E-state index in [0.29, 0.717) is 19.3 Å². The van der Waals surface area contributed by atoms with Crippen molar-refractivity contribution in [1.82, 2.24) is 0 Å². The molecule has 2 aliphatic carbocycles. The van der Waals surface area contributed by atoms with Crippen molar-refractivity contribution >= 4 is 11.4 Å². The van der Waals surface area contributed by atoms with Crippen LogP contribution < -0.4 is 4.90 Å². The Morgan fingerprint density at radius 2 is 1.27 bits per heavy atom. The highest BCUT2D eigenvalue weighted by molar-refractivity contribution is 5.67. The molecule has 3 aromatic carbocycles. The highest BCUT2D eigenvalue weighted by Crippen LogP contribution is 2.58. The van der Waals surface area contributed by atoms with Gasteiger partial charge in [-0.2, -0.15) is 26.3 Å². The van der Waals surface area contributed by atoms with Gasteiger partial charge in [-0.3, -0.25) is 0 Å². The Morgan fingerprint density at radius 3 is 1.80 bits per heavy atom. The Hall–Kier alpha value is -3.30. The van der Waals surface area contributed by atoms with E-state index in [-0.39, 0.29) is 36.4 Å². The normalized spacial score (nSPS) is 21.6. The number of allylic oxidation sites excluding steroid dienone is 1. The quantitative estimate of drug-likeness (QED) is 0.231. The van der Waals surface area contributed by atoms with Crippen LogP contribution in [0.25, 0.3) is 0 Å². The van der Waals surface area contributed by atoms with Crippen LogP contribution in [0.15, 0.2) is 84.9 Å². The average Bonchev–Trinajstić information content (AvgIpc) is 3.18. The number of nitrogens with zero attached hydrogens (tertiary/aromatic N) is 1. The summed E-state index contributed by atoms with van der Waals surface area (Å²) >= 11 is 0. The molecule has 212 valence electrons. The second-order valence-electron chi connectivity index (χ2n) is 10.5. The summed E-state index contributed by atoms with van der Waals surface area (Å²) in [4.78, 5) is 1.53. The lowest BCUT2D eigenvalue weighted by atomic mass is 9.65. The molecule has 0 amide bonds. The maximum atomic E-state index is 13.7. The van der Waals surface area contributed by atoms with Gasteiger partial charge in [0, 0.05) is 35.9 Å². The van der Waals surface area contributed by atoms with Crippen molar-refractivity contribution in [2.45, 2.75) is 49.0 Å². The lowest BCUT2D eigenvalue weighted by Gasteiger charge is -2.44. The van der Waals surface area contributed by atoms with Crippen LogP contribution in [0.1, 0.15) is 47.4 Å². The zero-order valence-electron chi connectivity index (χ0n) is 21.5. The number of anilines is 2. The van der Waals surface area contributed by atoms with E-state index in [9.17, 15) is 36.6 Å². The summed E-state index contributed by atoms with van der Waals surface area (Å²) < 4.78 is 82.0. The zero-order chi connectivity index (χ0) is 28.7. The van der Waals surface area contributed by atoms with Crippen LogP contribution in [-0.2, 0) is 17.8 Å². The maximum absolute atomic E-state index is 13.7. The molecule has 0 saturated heterocycles. The summed E-state index contributed by atoms with van der Waals surface area (Å²) in [6, 6.07) is 16.4. The Labute approximate surface area is 228 Å². The Bertz CT molecular complexity index is 1320. The van der Waals surface area contributed by atoms with Gasteiger partial charge < -0.3 is 15.1 Å². The summed E-state index contributed by atoms with van der Waals surface area (Å²) in [6.45, 7) is -0.256. The van der Waals surface area contributed by atoms with Gasteiger partial charge in [0.25, 0.3) is 0 Å². The van der Waals surface area contributed by atoms with E-state index in [1.807, 2.05) is 36.4 Å². The molecule has 0 fully saturated rings. The molecule has 2 N–H and O–H groups in total. The number of rotatable bonds is 7. The number of alkyl halides is 6. The van der Waals surface area contributed by atoms with Crippen LogP contribution in [-0.4, -0.2) is 29.5 Å². The number of aliphatic hydroxyl groups is 2. The van der Waals surface area contributed by atoms with Crippen molar-refractivity contribution in [3.8, 4) is 0 Å². The Kier molecular flexibility index (Phi) is 7.48. The number of halogens is 6. The van der Waals surface area contributed by atoms with Gasteiger partial charge in [0.1, 0.15) is 0 Å². The van der Waals surface area contributed by atoms with E-state index in [2.05, 4.69) is 0 Å². The molecule has 0 aromatic heterocycles. The summed E-state index contributed by atoms with van der Waals surface area (Å²) in [7, 11) is 0. The van der Waals surface area contributed by atoms with Crippen LogP contribution in [0.5, 0.6) is 0 Å². The molecule has 3 atom stereocenters. The Balaban J connectivity index is 1.64. The first-order valence-corrected chi connectivity index (χ1v) is 13.1. The zero-order valence-corrected chi connectivity index (χ0v) is 21.5. The smallest absolute Gasteiger partial charge is 0.396 e. The molecular weight excluding hydrogens is 532 g/mol. The molecule has 2 aliphatic rings. The highest BCUT2D eigenvalue weighted by Gasteiger charge is 2.52. The molecule has 5 rings (SSSR count). The van der Waals surface area contributed by atoms with Gasteiger partial charge in [0.05, 0.1) is 17.2 Å².